The van der Waals surface area contributed by atoms with Crippen molar-refractivity contribution in [3.05, 3.63) is 0 Å². The van der Waals surface area contributed by atoms with Gasteiger partial charge in [-0.1, -0.05) is 6.92 Å². The molecule has 6 nitrogen and oxygen atoms in total. The number of carboxylic acids is 1. The van der Waals surface area contributed by atoms with Crippen molar-refractivity contribution in [1.82, 2.24) is 4.72 Å². The number of carbonyl (C=O) groups is 1. The topological polar surface area (TPSA) is 92.7 Å². The molecule has 0 aliphatic heterocycles. The molecule has 0 amide bonds. The molecule has 0 aromatic carbocycles. The van der Waals surface area contributed by atoms with Gasteiger partial charge in [-0.15, -0.1) is 0 Å². The Bertz CT molecular complexity index is 274. The lowest BCUT2D eigenvalue weighted by atomic mass is 10.3. The average Bonchev–Trinajstić information content (AvgIpc) is 2.00. The number of hydrogen-bond donors (Lipinski definition) is 2. The number of hydrogen-bond acceptors (Lipinski definition) is 4. The van der Waals surface area contributed by atoms with Gasteiger partial charge in [-0.25, -0.2) is 13.1 Å². The molecule has 0 spiro atoms. The van der Waals surface area contributed by atoms with Crippen LogP contribution in [0.2, 0.25) is 0 Å². The zero-order valence-corrected chi connectivity index (χ0v) is 9.00. The number of nitrogens with one attached hydrogen (secondary N) is 1. The molecule has 7 heteroatoms. The zero-order chi connectivity index (χ0) is 11.2. The fraction of sp³-hybridized carbons (Fsp3) is 0.857. The Hall–Kier alpha value is -0.660. The molecule has 0 heterocycles. The summed E-state index contributed by atoms with van der Waals surface area (Å²) in [7, 11) is -2.29. The number of carboxylic acid groups (broad SMARTS) is 1. The van der Waals surface area contributed by atoms with Crippen LogP contribution in [0.1, 0.15) is 13.3 Å². The third kappa shape index (κ3) is 5.90. The third-order valence-electron chi connectivity index (χ3n) is 1.52. The number of rotatable bonds is 7. The molecule has 0 aromatic heterocycles. The van der Waals surface area contributed by atoms with Crippen LogP contribution in [-0.4, -0.2) is 45.0 Å². The zero-order valence-electron chi connectivity index (χ0n) is 8.19. The van der Waals surface area contributed by atoms with Gasteiger partial charge in [0, 0.05) is 13.2 Å². The molecule has 0 aliphatic rings. The smallest absolute Gasteiger partial charge is 0.320 e. The summed E-state index contributed by atoms with van der Waals surface area (Å²) in [6.45, 7) is 2.02. The van der Waals surface area contributed by atoms with E-state index in [9.17, 15) is 13.2 Å². The molecule has 14 heavy (non-hydrogen) atoms. The Morgan fingerprint density at radius 1 is 1.57 bits per heavy atom. The largest absolute Gasteiger partial charge is 0.480 e. The van der Waals surface area contributed by atoms with Crippen molar-refractivity contribution in [2.24, 2.45) is 0 Å². The fourth-order valence-electron chi connectivity index (χ4n) is 0.895. The molecule has 0 saturated heterocycles. The van der Waals surface area contributed by atoms with Crippen LogP contribution >= 0.6 is 0 Å². The van der Waals surface area contributed by atoms with Crippen molar-refractivity contribution in [3.8, 4) is 0 Å². The van der Waals surface area contributed by atoms with Gasteiger partial charge in [0.25, 0.3) is 0 Å². The molecule has 0 saturated carbocycles. The van der Waals surface area contributed by atoms with E-state index < -0.39 is 21.7 Å². The fourth-order valence-corrected chi connectivity index (χ4v) is 2.05. The number of ether oxygens (including phenoxy) is 1. The molecular weight excluding hydrogens is 210 g/mol. The van der Waals surface area contributed by atoms with E-state index in [2.05, 4.69) is 4.72 Å². The molecule has 0 aliphatic carbocycles. The van der Waals surface area contributed by atoms with Crippen molar-refractivity contribution in [2.75, 3.05) is 19.5 Å². The third-order valence-corrected chi connectivity index (χ3v) is 2.84. The van der Waals surface area contributed by atoms with Crippen LogP contribution in [0.25, 0.3) is 0 Å². The highest BCUT2D eigenvalue weighted by Crippen LogP contribution is 1.95. The highest BCUT2D eigenvalue weighted by Gasteiger charge is 2.19. The SMILES string of the molecule is CCC(COC)NS(=O)(=O)CC(=O)O. The number of sulfonamides is 1. The van der Waals surface area contributed by atoms with Crippen molar-refractivity contribution in [2.45, 2.75) is 19.4 Å². The van der Waals surface area contributed by atoms with E-state index >= 15 is 0 Å². The van der Waals surface area contributed by atoms with E-state index in [4.69, 9.17) is 9.84 Å². The molecule has 1 unspecified atom stereocenters. The van der Waals surface area contributed by atoms with Gasteiger partial charge in [-0.2, -0.15) is 0 Å². The van der Waals surface area contributed by atoms with E-state index in [1.165, 1.54) is 7.11 Å². The van der Waals surface area contributed by atoms with Gasteiger partial charge in [0.15, 0.2) is 5.75 Å². The van der Waals surface area contributed by atoms with Crippen LogP contribution in [0.3, 0.4) is 0 Å². The summed E-state index contributed by atoms with van der Waals surface area (Å²) < 4.78 is 29.3. The van der Waals surface area contributed by atoms with Crippen molar-refractivity contribution in [3.63, 3.8) is 0 Å². The Labute approximate surface area is 83.3 Å². The van der Waals surface area contributed by atoms with E-state index in [0.717, 1.165) is 0 Å². The van der Waals surface area contributed by atoms with Crippen molar-refractivity contribution in [1.29, 1.82) is 0 Å². The van der Waals surface area contributed by atoms with Crippen molar-refractivity contribution < 1.29 is 23.1 Å². The predicted octanol–water partition coefficient (Wildman–Crippen LogP) is -0.585. The Morgan fingerprint density at radius 3 is 2.50 bits per heavy atom. The van der Waals surface area contributed by atoms with Crippen LogP contribution in [0, 0.1) is 0 Å². The Morgan fingerprint density at radius 2 is 2.14 bits per heavy atom. The van der Waals surface area contributed by atoms with Gasteiger partial charge >= 0.3 is 5.97 Å². The molecule has 0 rings (SSSR count). The maximum atomic E-state index is 11.1. The highest BCUT2D eigenvalue weighted by molar-refractivity contribution is 7.90. The van der Waals surface area contributed by atoms with Crippen LogP contribution in [-0.2, 0) is 19.6 Å². The van der Waals surface area contributed by atoms with Crippen LogP contribution < -0.4 is 4.72 Å². The summed E-state index contributed by atoms with van der Waals surface area (Å²) >= 11 is 0. The molecular formula is C7H15NO5S. The molecule has 0 fully saturated rings. The first-order chi connectivity index (χ1) is 6.41. The van der Waals surface area contributed by atoms with Gasteiger partial charge in [0.2, 0.25) is 10.0 Å². The van der Waals surface area contributed by atoms with E-state index in [1.807, 2.05) is 0 Å². The minimum Gasteiger partial charge on any atom is -0.480 e. The first-order valence-corrected chi connectivity index (χ1v) is 5.77. The summed E-state index contributed by atoms with van der Waals surface area (Å²) in [5.74, 6) is -2.28. The normalized spacial score (nSPS) is 13.9. The second-order valence-electron chi connectivity index (χ2n) is 2.83. The highest BCUT2D eigenvalue weighted by atomic mass is 32.2. The monoisotopic (exact) mass is 225 g/mol. The molecule has 2 N–H and O–H groups in total. The predicted molar refractivity (Wildman–Crippen MR) is 50.5 cm³/mol. The molecule has 1 atom stereocenters. The van der Waals surface area contributed by atoms with Gasteiger partial charge in [0.05, 0.1) is 6.61 Å². The van der Waals surface area contributed by atoms with Crippen LogP contribution in [0.5, 0.6) is 0 Å². The van der Waals surface area contributed by atoms with Gasteiger partial charge in [-0.05, 0) is 6.42 Å². The Balaban J connectivity index is 4.25. The summed E-state index contributed by atoms with van der Waals surface area (Å²) in [5, 5.41) is 8.31. The second-order valence-corrected chi connectivity index (χ2v) is 4.59. The summed E-state index contributed by atoms with van der Waals surface area (Å²) in [6.07, 6.45) is 0.548. The van der Waals surface area contributed by atoms with E-state index in [1.54, 1.807) is 6.92 Å². The molecule has 0 bridgehead atoms. The van der Waals surface area contributed by atoms with Gasteiger partial charge in [-0.3, -0.25) is 4.79 Å². The number of aliphatic carboxylic acids is 1. The molecule has 0 aromatic rings. The maximum absolute atomic E-state index is 11.1. The van der Waals surface area contributed by atoms with E-state index in [-0.39, 0.29) is 12.6 Å². The minimum atomic E-state index is -3.74. The summed E-state index contributed by atoms with van der Waals surface area (Å²) in [5.41, 5.74) is 0. The van der Waals surface area contributed by atoms with Gasteiger partial charge < -0.3 is 9.84 Å². The van der Waals surface area contributed by atoms with Crippen LogP contribution in [0.15, 0.2) is 0 Å². The number of methoxy groups -OCH3 is 1. The minimum absolute atomic E-state index is 0.231. The standard InChI is InChI=1S/C7H15NO5S/c1-3-6(4-13-2)8-14(11,12)5-7(9)10/h6,8H,3-5H2,1-2H3,(H,9,10). The Kier molecular flexibility index (Phi) is 5.66. The molecule has 84 valence electrons. The first kappa shape index (κ1) is 13.3. The van der Waals surface area contributed by atoms with Gasteiger partial charge in [0.1, 0.15) is 0 Å². The summed E-state index contributed by atoms with van der Waals surface area (Å²) in [4.78, 5) is 10.2. The maximum Gasteiger partial charge on any atom is 0.320 e. The first-order valence-electron chi connectivity index (χ1n) is 4.12. The quantitative estimate of drug-likeness (QED) is 0.604. The van der Waals surface area contributed by atoms with Crippen LogP contribution in [0.4, 0.5) is 0 Å². The lowest BCUT2D eigenvalue weighted by molar-refractivity contribution is -0.134. The summed E-state index contributed by atoms with van der Waals surface area (Å²) in [6, 6.07) is -0.371. The lowest BCUT2D eigenvalue weighted by Gasteiger charge is -2.14. The lowest BCUT2D eigenvalue weighted by Crippen LogP contribution is -2.40. The molecule has 0 radical (unpaired) electrons. The van der Waals surface area contributed by atoms with E-state index in [0.29, 0.717) is 6.42 Å². The second kappa shape index (κ2) is 5.94. The van der Waals surface area contributed by atoms with Crippen molar-refractivity contribution >= 4 is 16.0 Å². The average molecular weight is 225 g/mol.